The monoisotopic (exact) mass is 628 g/mol. The Labute approximate surface area is 251 Å². The summed E-state index contributed by atoms with van der Waals surface area (Å²) in [5, 5.41) is 0. The molecule has 1 aromatic carbocycles. The van der Waals surface area contributed by atoms with Crippen molar-refractivity contribution in [2.75, 3.05) is 118 Å². The molecular weight excluding hydrogens is 580 g/mol. The largest absolute Gasteiger partial charge is 0.379 e. The van der Waals surface area contributed by atoms with Crippen LogP contribution in [0.3, 0.4) is 0 Å². The smallest absolute Gasteiger partial charge is 0.297 e. The van der Waals surface area contributed by atoms with Crippen LogP contribution in [0.1, 0.15) is 25.7 Å². The second-order valence-corrected chi connectivity index (χ2v) is 10.6. The van der Waals surface area contributed by atoms with Gasteiger partial charge in [-0.1, -0.05) is 31.0 Å². The van der Waals surface area contributed by atoms with Crippen LogP contribution in [0.2, 0.25) is 0 Å². The van der Waals surface area contributed by atoms with E-state index in [2.05, 4.69) is 0 Å². The minimum absolute atomic E-state index is 0.0532. The van der Waals surface area contributed by atoms with Crippen LogP contribution in [0.4, 0.5) is 0 Å². The van der Waals surface area contributed by atoms with E-state index in [1.165, 1.54) is 12.1 Å². The molecule has 0 atom stereocenters. The van der Waals surface area contributed by atoms with Crippen molar-refractivity contribution in [1.29, 1.82) is 0 Å². The Balaban J connectivity index is 1.68. The third-order valence-electron chi connectivity index (χ3n) is 5.27. The minimum atomic E-state index is -3.75. The zero-order valence-corrected chi connectivity index (χ0v) is 25.8. The molecule has 0 aromatic heterocycles. The lowest BCUT2D eigenvalue weighted by molar-refractivity contribution is -0.0236. The van der Waals surface area contributed by atoms with E-state index in [4.69, 9.17) is 53.7 Å². The first kappa shape index (κ1) is 38.1. The Morgan fingerprint density at radius 1 is 0.439 bits per heavy atom. The van der Waals surface area contributed by atoms with Gasteiger partial charge in [0.1, 0.15) is 0 Å². The number of benzene rings is 1. The molecule has 0 amide bonds. The maximum absolute atomic E-state index is 11.9. The molecule has 0 aliphatic carbocycles. The van der Waals surface area contributed by atoms with E-state index in [0.717, 1.165) is 38.2 Å². The maximum atomic E-state index is 11.9. The molecule has 240 valence electrons. The topological polar surface area (TPSA) is 117 Å². The molecule has 41 heavy (non-hydrogen) atoms. The first-order valence-corrected chi connectivity index (χ1v) is 16.2. The van der Waals surface area contributed by atoms with E-state index < -0.39 is 10.1 Å². The number of hydrogen-bond donors (Lipinski definition) is 0. The highest BCUT2D eigenvalue weighted by Crippen LogP contribution is 2.10. The average molecular weight is 629 g/mol. The SMILES string of the molecule is O=S(=O)(OCCOCCOCCOCCOCCOCCOCCOCCOCCCCCCCl)c1ccccc1. The van der Waals surface area contributed by atoms with Gasteiger partial charge in [0.2, 0.25) is 0 Å². The van der Waals surface area contributed by atoms with Crippen molar-refractivity contribution in [3.63, 3.8) is 0 Å². The summed E-state index contributed by atoms with van der Waals surface area (Å²) in [7, 11) is -3.75. The second-order valence-electron chi connectivity index (χ2n) is 8.59. The normalized spacial score (nSPS) is 11.8. The summed E-state index contributed by atoms with van der Waals surface area (Å²) in [6.45, 7) is 7.68. The van der Waals surface area contributed by atoms with Crippen molar-refractivity contribution in [1.82, 2.24) is 0 Å². The lowest BCUT2D eigenvalue weighted by Crippen LogP contribution is -2.15. The molecule has 1 aromatic rings. The summed E-state index contributed by atoms with van der Waals surface area (Å²) in [4.78, 5) is 0.124. The fourth-order valence-corrected chi connectivity index (χ4v) is 4.25. The van der Waals surface area contributed by atoms with Crippen LogP contribution in [0.15, 0.2) is 35.2 Å². The van der Waals surface area contributed by atoms with Crippen LogP contribution in [0.5, 0.6) is 0 Å². The molecule has 0 saturated carbocycles. The molecule has 13 heteroatoms. The van der Waals surface area contributed by atoms with Crippen LogP contribution in [-0.2, 0) is 52.2 Å². The summed E-state index contributed by atoms with van der Waals surface area (Å²) >= 11 is 5.64. The molecule has 0 heterocycles. The van der Waals surface area contributed by atoms with Crippen molar-refractivity contribution in [2.24, 2.45) is 0 Å². The van der Waals surface area contributed by atoms with Crippen molar-refractivity contribution in [3.05, 3.63) is 30.3 Å². The Morgan fingerprint density at radius 3 is 1.17 bits per heavy atom. The number of halogens is 1. The number of rotatable bonds is 32. The molecule has 0 spiro atoms. The van der Waals surface area contributed by atoms with Crippen LogP contribution in [0, 0.1) is 0 Å². The van der Waals surface area contributed by atoms with Crippen LogP contribution in [0.25, 0.3) is 0 Å². The molecule has 0 fully saturated rings. The fourth-order valence-electron chi connectivity index (χ4n) is 3.15. The molecule has 0 saturated heterocycles. The van der Waals surface area contributed by atoms with Gasteiger partial charge in [-0.25, -0.2) is 0 Å². The van der Waals surface area contributed by atoms with E-state index in [9.17, 15) is 8.42 Å². The Morgan fingerprint density at radius 2 is 0.780 bits per heavy atom. The molecule has 0 unspecified atom stereocenters. The quantitative estimate of drug-likeness (QED) is 0.0664. The summed E-state index contributed by atoms with van der Waals surface area (Å²) < 4.78 is 72.3. The van der Waals surface area contributed by atoms with Crippen molar-refractivity contribution in [3.8, 4) is 0 Å². The predicted octanol–water partition coefficient (Wildman–Crippen LogP) is 3.32. The first-order chi connectivity index (χ1) is 20.2. The highest BCUT2D eigenvalue weighted by atomic mass is 35.5. The summed E-state index contributed by atoms with van der Waals surface area (Å²) in [6.07, 6.45) is 4.47. The summed E-state index contributed by atoms with van der Waals surface area (Å²) in [5.74, 6) is 0.738. The molecular formula is C28H49ClO11S. The Hall–Kier alpha value is -0.900. The molecule has 11 nitrogen and oxygen atoms in total. The van der Waals surface area contributed by atoms with Gasteiger partial charge >= 0.3 is 0 Å². The molecule has 0 bridgehead atoms. The van der Waals surface area contributed by atoms with E-state index >= 15 is 0 Å². The number of unbranched alkanes of at least 4 members (excludes halogenated alkanes) is 3. The fraction of sp³-hybridized carbons (Fsp3) is 0.786. The maximum Gasteiger partial charge on any atom is 0.297 e. The molecule has 1 rings (SSSR count). The third-order valence-corrected chi connectivity index (χ3v) is 6.87. The molecule has 0 radical (unpaired) electrons. The second kappa shape index (κ2) is 29.2. The number of alkyl halides is 1. The van der Waals surface area contributed by atoms with E-state index in [0.29, 0.717) is 92.5 Å². The van der Waals surface area contributed by atoms with E-state index in [1.807, 2.05) is 0 Å². The van der Waals surface area contributed by atoms with Gasteiger partial charge in [-0.3, -0.25) is 4.18 Å². The predicted molar refractivity (Wildman–Crippen MR) is 155 cm³/mol. The van der Waals surface area contributed by atoms with Crippen LogP contribution >= 0.6 is 11.6 Å². The van der Waals surface area contributed by atoms with Gasteiger partial charge in [0, 0.05) is 12.5 Å². The van der Waals surface area contributed by atoms with Crippen molar-refractivity contribution >= 4 is 21.7 Å². The lowest BCUT2D eigenvalue weighted by Gasteiger charge is -2.09. The van der Waals surface area contributed by atoms with Gasteiger partial charge in [0.25, 0.3) is 10.1 Å². The Kier molecular flexibility index (Phi) is 27.1. The van der Waals surface area contributed by atoms with Gasteiger partial charge in [-0.15, -0.1) is 11.6 Å². The van der Waals surface area contributed by atoms with Crippen molar-refractivity contribution in [2.45, 2.75) is 30.6 Å². The Bertz CT molecular complexity index is 772. The zero-order valence-electron chi connectivity index (χ0n) is 24.2. The summed E-state index contributed by atoms with van der Waals surface area (Å²) in [6, 6.07) is 7.99. The molecule has 0 N–H and O–H groups in total. The van der Waals surface area contributed by atoms with Crippen LogP contribution in [-0.4, -0.2) is 127 Å². The number of hydrogen-bond acceptors (Lipinski definition) is 11. The van der Waals surface area contributed by atoms with Gasteiger partial charge in [0.15, 0.2) is 0 Å². The zero-order chi connectivity index (χ0) is 29.5. The third kappa shape index (κ3) is 25.3. The minimum Gasteiger partial charge on any atom is -0.379 e. The number of ether oxygens (including phenoxy) is 8. The van der Waals surface area contributed by atoms with Crippen molar-refractivity contribution < 1.29 is 50.5 Å². The summed E-state index contributed by atoms with van der Waals surface area (Å²) in [5.41, 5.74) is 0. The first-order valence-electron chi connectivity index (χ1n) is 14.3. The highest BCUT2D eigenvalue weighted by Gasteiger charge is 2.13. The van der Waals surface area contributed by atoms with E-state index in [1.54, 1.807) is 18.2 Å². The van der Waals surface area contributed by atoms with Gasteiger partial charge < -0.3 is 37.9 Å². The molecule has 0 aliphatic heterocycles. The van der Waals surface area contributed by atoms with Gasteiger partial charge in [0.05, 0.1) is 111 Å². The lowest BCUT2D eigenvalue weighted by atomic mass is 10.2. The highest BCUT2D eigenvalue weighted by molar-refractivity contribution is 7.86. The standard InChI is InChI=1S/C28H49ClO11S/c29-10-6-1-2-7-11-32-12-13-33-14-15-34-16-17-35-18-19-36-20-21-37-22-23-38-24-25-39-26-27-40-41(30,31)28-8-4-3-5-9-28/h3-5,8-9H,1-2,6-7,10-27H2. The van der Waals surface area contributed by atoms with Crippen LogP contribution < -0.4 is 0 Å². The average Bonchev–Trinajstić information content (AvgIpc) is 2.98. The van der Waals surface area contributed by atoms with Gasteiger partial charge in [-0.2, -0.15) is 8.42 Å². The van der Waals surface area contributed by atoms with Gasteiger partial charge in [-0.05, 0) is 25.0 Å². The molecule has 0 aliphatic rings. The van der Waals surface area contributed by atoms with E-state index in [-0.39, 0.29) is 18.1 Å².